The van der Waals surface area contributed by atoms with E-state index in [-0.39, 0.29) is 36.0 Å². The lowest BCUT2D eigenvalue weighted by Gasteiger charge is -2.50. The standard InChI is InChI=1S/C46H82N6O6/c1-3-39-23-17-18-28-45(58-39)34-37-25-26-40-42(46(29-20-22-36(2)57-46)50-44(49-45)52(37)40)43(55)56-33-19-15-13-11-9-7-5-4-6-8-10-12-14-16-24-41(54)51(32-21-30-47)35-38(53)27-31-48/h17,23,36-40,42,53H,3-16,18-22,24-35,47-48H2,1-2H3,(H,49,50)/p+1/t36-,37+,38?,39+,40-,42-,45+,46-/m1/s1. The van der Waals surface area contributed by atoms with Gasteiger partial charge in [-0.25, -0.2) is 10.6 Å². The van der Waals surface area contributed by atoms with Crippen LogP contribution in [-0.4, -0.2) is 107 Å². The van der Waals surface area contributed by atoms with E-state index in [1.807, 2.05) is 0 Å². The number of hydrogen-bond donors (Lipinski definition) is 5. The molecular weight excluding hydrogens is 733 g/mol. The number of aliphatic hydroxyl groups is 1. The summed E-state index contributed by atoms with van der Waals surface area (Å²) >= 11 is 0. The van der Waals surface area contributed by atoms with E-state index < -0.39 is 17.6 Å². The Bertz CT molecular complexity index is 1320. The molecule has 332 valence electrons. The van der Waals surface area contributed by atoms with Crippen molar-refractivity contribution in [2.75, 3.05) is 32.8 Å². The molecule has 1 amide bonds. The van der Waals surface area contributed by atoms with E-state index in [1.165, 1.54) is 64.2 Å². The second-order valence-electron chi connectivity index (χ2n) is 18.3. The fourth-order valence-corrected chi connectivity index (χ4v) is 10.5. The molecule has 5 aliphatic heterocycles. The summed E-state index contributed by atoms with van der Waals surface area (Å²) in [6.45, 7) is 6.74. The Morgan fingerprint density at radius 2 is 1.60 bits per heavy atom. The third-order valence-electron chi connectivity index (χ3n) is 13.5. The van der Waals surface area contributed by atoms with E-state index in [0.29, 0.717) is 51.7 Å². The molecule has 0 bridgehead atoms. The van der Waals surface area contributed by atoms with Gasteiger partial charge in [0.2, 0.25) is 11.6 Å². The maximum absolute atomic E-state index is 14.1. The fraction of sp³-hybridized carbons (Fsp3) is 0.891. The molecule has 12 nitrogen and oxygen atoms in total. The van der Waals surface area contributed by atoms with Crippen LogP contribution in [-0.2, 0) is 23.8 Å². The van der Waals surface area contributed by atoms with Gasteiger partial charge in [0.1, 0.15) is 0 Å². The summed E-state index contributed by atoms with van der Waals surface area (Å²) < 4.78 is 22.2. The Balaban J connectivity index is 0.925. The number of carbonyl (C=O) groups excluding carboxylic acids is 2. The monoisotopic (exact) mass is 816 g/mol. The number of rotatable bonds is 26. The molecule has 8 atom stereocenters. The summed E-state index contributed by atoms with van der Waals surface area (Å²) in [6.07, 6.45) is 31.2. The molecule has 0 aromatic carbocycles. The summed E-state index contributed by atoms with van der Waals surface area (Å²) in [5.74, 6) is 0.664. The number of nitrogens with one attached hydrogen (secondary N) is 2. The zero-order chi connectivity index (χ0) is 41.2. The number of aliphatic hydroxyl groups excluding tert-OH is 1. The average molecular weight is 816 g/mol. The second-order valence-corrected chi connectivity index (χ2v) is 18.3. The molecule has 12 heteroatoms. The smallest absolute Gasteiger partial charge is 0.350 e. The van der Waals surface area contributed by atoms with Gasteiger partial charge in [-0.15, -0.1) is 0 Å². The summed E-state index contributed by atoms with van der Waals surface area (Å²) in [7, 11) is 0. The number of nitrogens with two attached hydrogens (primary N) is 2. The first-order valence-electron chi connectivity index (χ1n) is 24.0. The number of nitrogens with zero attached hydrogens (tertiary/aromatic N) is 2. The number of esters is 1. The van der Waals surface area contributed by atoms with Crippen LogP contribution in [0.4, 0.5) is 0 Å². The van der Waals surface area contributed by atoms with Gasteiger partial charge in [0.15, 0.2) is 11.6 Å². The molecule has 1 unspecified atom stereocenters. The zero-order valence-corrected chi connectivity index (χ0v) is 36.6. The fourth-order valence-electron chi connectivity index (χ4n) is 10.5. The summed E-state index contributed by atoms with van der Waals surface area (Å²) in [5.41, 5.74) is 10.0. The SMILES string of the molecule is CC[C@H]1C=CCC[C@@]2(C[C@@H]3CC[C@@H]4[C@H](C(=O)OCCCCCCCCCCCCCCCCC(=O)N(CCCN)CC(O)CCN)[C@]5(CCC[C@@H](C)O5)NC(=[N+]34)N2)O1. The molecule has 0 aromatic heterocycles. The summed E-state index contributed by atoms with van der Waals surface area (Å²) in [5, 5.41) is 17.8. The molecule has 5 rings (SSSR count). The van der Waals surface area contributed by atoms with Gasteiger partial charge >= 0.3 is 11.9 Å². The average Bonchev–Trinajstić information content (AvgIpc) is 3.51. The predicted octanol–water partition coefficient (Wildman–Crippen LogP) is 6.51. The Morgan fingerprint density at radius 3 is 2.26 bits per heavy atom. The van der Waals surface area contributed by atoms with Crippen molar-refractivity contribution in [1.29, 1.82) is 0 Å². The van der Waals surface area contributed by atoms with Crippen molar-refractivity contribution in [2.24, 2.45) is 17.4 Å². The molecule has 0 radical (unpaired) electrons. The van der Waals surface area contributed by atoms with Crippen molar-refractivity contribution in [3.63, 3.8) is 0 Å². The highest BCUT2D eigenvalue weighted by molar-refractivity contribution is 5.82. The van der Waals surface area contributed by atoms with Crippen molar-refractivity contribution in [3.05, 3.63) is 12.2 Å². The van der Waals surface area contributed by atoms with Gasteiger partial charge in [-0.05, 0) is 84.2 Å². The van der Waals surface area contributed by atoms with Crippen molar-refractivity contribution >= 4 is 17.8 Å². The minimum absolute atomic E-state index is 0.0643. The van der Waals surface area contributed by atoms with Crippen molar-refractivity contribution in [1.82, 2.24) is 15.5 Å². The van der Waals surface area contributed by atoms with Gasteiger partial charge in [-0.1, -0.05) is 96.1 Å². The van der Waals surface area contributed by atoms with Gasteiger partial charge < -0.3 is 35.7 Å². The Hall–Kier alpha value is -2.25. The molecular formula is C46H83N6O6+. The maximum Gasteiger partial charge on any atom is 0.350 e. The first-order chi connectivity index (χ1) is 28.2. The lowest BCUT2D eigenvalue weighted by Crippen LogP contribution is -2.76. The number of allylic oxidation sites excluding steroid dienone is 1. The Labute approximate surface area is 351 Å². The number of guanidine groups is 1. The maximum atomic E-state index is 14.1. The van der Waals surface area contributed by atoms with Gasteiger partial charge in [0, 0.05) is 38.8 Å². The van der Waals surface area contributed by atoms with E-state index in [0.717, 1.165) is 95.9 Å². The van der Waals surface area contributed by atoms with Crippen LogP contribution in [0, 0.1) is 5.92 Å². The largest absolute Gasteiger partial charge is 0.465 e. The normalized spacial score (nSPS) is 29.5. The summed E-state index contributed by atoms with van der Waals surface area (Å²) in [4.78, 5) is 28.5. The third kappa shape index (κ3) is 13.4. The van der Waals surface area contributed by atoms with Crippen LogP contribution in [0.1, 0.15) is 181 Å². The van der Waals surface area contributed by atoms with Crippen LogP contribution in [0.3, 0.4) is 0 Å². The van der Waals surface area contributed by atoms with Crippen LogP contribution in [0.15, 0.2) is 12.2 Å². The lowest BCUT2D eigenvalue weighted by atomic mass is 9.80. The van der Waals surface area contributed by atoms with Crippen LogP contribution < -0.4 is 22.1 Å². The molecule has 0 saturated carbocycles. The lowest BCUT2D eigenvalue weighted by molar-refractivity contribution is -0.609. The highest BCUT2D eigenvalue weighted by Crippen LogP contribution is 2.45. The molecule has 2 fully saturated rings. The first-order valence-corrected chi connectivity index (χ1v) is 24.0. The highest BCUT2D eigenvalue weighted by atomic mass is 16.6. The molecule has 5 heterocycles. The molecule has 7 N–H and O–H groups in total. The number of amides is 1. The molecule has 5 aliphatic rings. The molecule has 0 aromatic rings. The Morgan fingerprint density at radius 1 is 0.914 bits per heavy atom. The highest BCUT2D eigenvalue weighted by Gasteiger charge is 2.64. The van der Waals surface area contributed by atoms with Crippen LogP contribution >= 0.6 is 0 Å². The van der Waals surface area contributed by atoms with E-state index in [9.17, 15) is 14.7 Å². The van der Waals surface area contributed by atoms with Gasteiger partial charge in [0.05, 0.1) is 37.0 Å². The molecule has 2 saturated heterocycles. The van der Waals surface area contributed by atoms with Gasteiger partial charge in [-0.2, -0.15) is 0 Å². The minimum atomic E-state index is -0.759. The second kappa shape index (κ2) is 24.3. The topological polar surface area (TPSA) is 164 Å². The van der Waals surface area contributed by atoms with Crippen molar-refractivity contribution < 1.29 is 33.5 Å². The van der Waals surface area contributed by atoms with E-state index in [2.05, 4.69) is 41.2 Å². The van der Waals surface area contributed by atoms with E-state index in [4.69, 9.17) is 25.7 Å². The quantitative estimate of drug-likeness (QED) is 0.0282. The molecule has 0 aliphatic carbocycles. The summed E-state index contributed by atoms with van der Waals surface area (Å²) in [6, 6.07) is 0.395. The van der Waals surface area contributed by atoms with Crippen LogP contribution in [0.25, 0.3) is 0 Å². The molecule has 2 spiro atoms. The van der Waals surface area contributed by atoms with Crippen molar-refractivity contribution in [2.45, 2.75) is 223 Å². The number of hydrogen-bond acceptors (Lipinski definition) is 10. The van der Waals surface area contributed by atoms with Gasteiger partial charge in [-0.3, -0.25) is 14.2 Å². The molecule has 58 heavy (non-hydrogen) atoms. The van der Waals surface area contributed by atoms with Crippen molar-refractivity contribution in [3.8, 4) is 0 Å². The number of carbonyl (C=O) groups is 2. The van der Waals surface area contributed by atoms with E-state index in [1.54, 1.807) is 4.90 Å². The van der Waals surface area contributed by atoms with Crippen LogP contribution in [0.5, 0.6) is 0 Å². The third-order valence-corrected chi connectivity index (χ3v) is 13.5. The number of ether oxygens (including phenoxy) is 3. The number of unbranched alkanes of at least 4 members (excludes halogenated alkanes) is 13. The Kier molecular flexibility index (Phi) is 19.6. The zero-order valence-electron chi connectivity index (χ0n) is 36.6. The van der Waals surface area contributed by atoms with Gasteiger partial charge in [0.25, 0.3) is 0 Å². The van der Waals surface area contributed by atoms with E-state index >= 15 is 0 Å². The predicted molar refractivity (Wildman–Crippen MR) is 230 cm³/mol. The van der Waals surface area contributed by atoms with Crippen LogP contribution in [0.2, 0.25) is 0 Å². The minimum Gasteiger partial charge on any atom is -0.465 e. The first kappa shape index (κ1) is 46.8.